The summed E-state index contributed by atoms with van der Waals surface area (Å²) in [6.45, 7) is 10.3. The number of phenolic OH excluding ortho intramolecular Hbond substituents is 1. The number of guanidine groups is 1. The molecule has 2 atom stereocenters. The minimum Gasteiger partial charge on any atom is -0.505 e. The van der Waals surface area contributed by atoms with Crippen LogP contribution in [-0.2, 0) is 11.3 Å². The van der Waals surface area contributed by atoms with Gasteiger partial charge >= 0.3 is 0 Å². The maximum Gasteiger partial charge on any atom is 0.236 e. The molecule has 2 fully saturated rings. The first-order valence-electron chi connectivity index (χ1n) is 10.8. The van der Waals surface area contributed by atoms with E-state index in [9.17, 15) is 14.3 Å². The van der Waals surface area contributed by atoms with Crippen molar-refractivity contribution in [2.24, 2.45) is 16.8 Å². The molecule has 3 rings (SSSR count). The zero-order valence-electron chi connectivity index (χ0n) is 18.3. The molecule has 0 aromatic heterocycles. The average Bonchev–Trinajstić information content (AvgIpc) is 2.71. The number of hydrogen-bond acceptors (Lipinski definition) is 4. The van der Waals surface area contributed by atoms with Crippen molar-refractivity contribution in [3.8, 4) is 5.75 Å². The van der Waals surface area contributed by atoms with Gasteiger partial charge in [0.25, 0.3) is 0 Å². The van der Waals surface area contributed by atoms with E-state index < -0.39 is 5.82 Å². The number of likely N-dealkylation sites (tertiary alicyclic amines) is 1. The van der Waals surface area contributed by atoms with Crippen molar-refractivity contribution in [1.82, 2.24) is 20.0 Å². The third-order valence-corrected chi connectivity index (χ3v) is 5.93. The van der Waals surface area contributed by atoms with Gasteiger partial charge in [0.2, 0.25) is 5.91 Å². The smallest absolute Gasteiger partial charge is 0.236 e. The van der Waals surface area contributed by atoms with Gasteiger partial charge in [-0.2, -0.15) is 0 Å². The minimum atomic E-state index is -0.625. The predicted octanol–water partition coefficient (Wildman–Crippen LogP) is 1.73. The van der Waals surface area contributed by atoms with Crippen LogP contribution in [0.1, 0.15) is 25.8 Å². The molecule has 30 heavy (non-hydrogen) atoms. The quantitative estimate of drug-likeness (QED) is 0.575. The molecule has 0 bridgehead atoms. The summed E-state index contributed by atoms with van der Waals surface area (Å²) < 4.78 is 13.5. The van der Waals surface area contributed by atoms with Crippen molar-refractivity contribution in [2.45, 2.75) is 26.8 Å². The van der Waals surface area contributed by atoms with E-state index in [0.717, 1.165) is 50.8 Å². The number of carbonyl (C=O) groups excluding carboxylic acids is 1. The number of aromatic hydroxyl groups is 1. The fourth-order valence-electron chi connectivity index (χ4n) is 4.45. The molecule has 2 heterocycles. The van der Waals surface area contributed by atoms with Crippen LogP contribution in [0.2, 0.25) is 0 Å². The fraction of sp³-hybridized carbons (Fsp3) is 0.636. The van der Waals surface area contributed by atoms with Crippen molar-refractivity contribution >= 4 is 11.9 Å². The summed E-state index contributed by atoms with van der Waals surface area (Å²) >= 11 is 0. The van der Waals surface area contributed by atoms with E-state index in [1.807, 2.05) is 4.90 Å². The Balaban J connectivity index is 1.45. The van der Waals surface area contributed by atoms with Gasteiger partial charge in [-0.3, -0.25) is 14.7 Å². The second-order valence-electron chi connectivity index (χ2n) is 8.69. The Kier molecular flexibility index (Phi) is 7.53. The van der Waals surface area contributed by atoms with Crippen LogP contribution in [0.15, 0.2) is 23.2 Å². The maximum absolute atomic E-state index is 13.5. The molecule has 2 aliphatic rings. The summed E-state index contributed by atoms with van der Waals surface area (Å²) in [6.07, 6.45) is 1.20. The largest absolute Gasteiger partial charge is 0.505 e. The average molecular weight is 420 g/mol. The zero-order valence-corrected chi connectivity index (χ0v) is 18.3. The second kappa shape index (κ2) is 10.1. The van der Waals surface area contributed by atoms with Gasteiger partial charge in [-0.05, 0) is 36.0 Å². The molecule has 2 aliphatic heterocycles. The summed E-state index contributed by atoms with van der Waals surface area (Å²) in [7, 11) is 1.73. The summed E-state index contributed by atoms with van der Waals surface area (Å²) in [5.41, 5.74) is 0.737. The van der Waals surface area contributed by atoms with E-state index in [2.05, 4.69) is 34.0 Å². The van der Waals surface area contributed by atoms with Crippen LogP contribution in [0.5, 0.6) is 5.75 Å². The van der Waals surface area contributed by atoms with Crippen LogP contribution in [0.4, 0.5) is 4.39 Å². The highest BCUT2D eigenvalue weighted by molar-refractivity contribution is 5.80. The number of nitrogens with one attached hydrogen (secondary N) is 1. The van der Waals surface area contributed by atoms with Crippen LogP contribution in [-0.4, -0.2) is 84.5 Å². The van der Waals surface area contributed by atoms with Crippen LogP contribution in [0, 0.1) is 17.7 Å². The van der Waals surface area contributed by atoms with Gasteiger partial charge in [-0.25, -0.2) is 4.39 Å². The molecule has 2 saturated heterocycles. The summed E-state index contributed by atoms with van der Waals surface area (Å²) in [4.78, 5) is 23.5. The molecule has 2 unspecified atom stereocenters. The standard InChI is InChI=1S/C22H34FN5O2/c1-16-10-17(2)14-28(13-16)21(30)15-26-6-8-27(9-7-26)22(24-3)25-12-18-4-5-20(29)19(23)11-18/h4-5,11,16-17,29H,6-10,12-15H2,1-3H3,(H,24,25). The van der Waals surface area contributed by atoms with E-state index in [4.69, 9.17) is 0 Å². The molecular weight excluding hydrogens is 385 g/mol. The Morgan fingerprint density at radius 3 is 2.43 bits per heavy atom. The molecule has 1 aromatic rings. The van der Waals surface area contributed by atoms with Crippen LogP contribution in [0.25, 0.3) is 0 Å². The molecule has 8 heteroatoms. The van der Waals surface area contributed by atoms with Gasteiger partial charge in [-0.1, -0.05) is 19.9 Å². The lowest BCUT2D eigenvalue weighted by atomic mass is 9.92. The first-order valence-corrected chi connectivity index (χ1v) is 10.8. The summed E-state index contributed by atoms with van der Waals surface area (Å²) in [6, 6.07) is 4.36. The molecule has 0 saturated carbocycles. The van der Waals surface area contributed by atoms with Crippen LogP contribution in [0.3, 0.4) is 0 Å². The zero-order chi connectivity index (χ0) is 21.7. The van der Waals surface area contributed by atoms with Crippen molar-refractivity contribution in [3.05, 3.63) is 29.6 Å². The SMILES string of the molecule is CN=C(NCc1ccc(O)c(F)c1)N1CCN(CC(=O)N2CC(C)CC(C)C2)CC1. The number of benzene rings is 1. The molecular formula is C22H34FN5O2. The highest BCUT2D eigenvalue weighted by Crippen LogP contribution is 2.21. The molecule has 0 spiro atoms. The van der Waals surface area contributed by atoms with Crippen molar-refractivity contribution < 1.29 is 14.3 Å². The first-order chi connectivity index (χ1) is 14.4. The van der Waals surface area contributed by atoms with E-state index in [1.165, 1.54) is 18.6 Å². The lowest BCUT2D eigenvalue weighted by molar-refractivity contribution is -0.135. The number of halogens is 1. The Bertz CT molecular complexity index is 754. The topological polar surface area (TPSA) is 71.4 Å². The Morgan fingerprint density at radius 1 is 1.17 bits per heavy atom. The molecule has 0 radical (unpaired) electrons. The van der Waals surface area contributed by atoms with Crippen molar-refractivity contribution in [3.63, 3.8) is 0 Å². The third-order valence-electron chi connectivity index (χ3n) is 5.93. The van der Waals surface area contributed by atoms with E-state index in [0.29, 0.717) is 24.9 Å². The van der Waals surface area contributed by atoms with E-state index in [-0.39, 0.29) is 11.7 Å². The number of piperazine rings is 1. The Hall–Kier alpha value is -2.35. The van der Waals surface area contributed by atoms with Gasteiger partial charge in [0, 0.05) is 52.9 Å². The lowest BCUT2D eigenvalue weighted by Crippen LogP contribution is -2.55. The Morgan fingerprint density at radius 2 is 1.83 bits per heavy atom. The monoisotopic (exact) mass is 419 g/mol. The van der Waals surface area contributed by atoms with E-state index in [1.54, 1.807) is 13.1 Å². The normalized spacial score (nSPS) is 23.5. The van der Waals surface area contributed by atoms with Gasteiger partial charge < -0.3 is 20.2 Å². The Labute approximate surface area is 178 Å². The molecule has 7 nitrogen and oxygen atoms in total. The predicted molar refractivity (Wildman–Crippen MR) is 116 cm³/mol. The number of aliphatic imine (C=N–C) groups is 1. The second-order valence-corrected chi connectivity index (χ2v) is 8.69. The maximum atomic E-state index is 13.5. The van der Waals surface area contributed by atoms with Gasteiger partial charge in [-0.15, -0.1) is 0 Å². The number of hydrogen-bond donors (Lipinski definition) is 2. The number of phenols is 1. The summed E-state index contributed by atoms with van der Waals surface area (Å²) in [5, 5.41) is 12.6. The van der Waals surface area contributed by atoms with Gasteiger partial charge in [0.15, 0.2) is 17.5 Å². The minimum absolute atomic E-state index is 0.235. The molecule has 166 valence electrons. The number of nitrogens with zero attached hydrogens (tertiary/aromatic N) is 4. The molecule has 1 aromatic carbocycles. The number of rotatable bonds is 4. The van der Waals surface area contributed by atoms with Crippen molar-refractivity contribution in [1.29, 1.82) is 0 Å². The van der Waals surface area contributed by atoms with Crippen LogP contribution >= 0.6 is 0 Å². The first kappa shape index (κ1) is 22.3. The number of amides is 1. The summed E-state index contributed by atoms with van der Waals surface area (Å²) in [5.74, 6) is 1.17. The molecule has 2 N–H and O–H groups in total. The number of piperidine rings is 1. The molecule has 1 amide bonds. The van der Waals surface area contributed by atoms with Crippen molar-refractivity contribution in [2.75, 3.05) is 52.9 Å². The highest BCUT2D eigenvalue weighted by atomic mass is 19.1. The van der Waals surface area contributed by atoms with Gasteiger partial charge in [0.1, 0.15) is 0 Å². The molecule has 0 aliphatic carbocycles. The highest BCUT2D eigenvalue weighted by Gasteiger charge is 2.28. The lowest BCUT2D eigenvalue weighted by Gasteiger charge is -2.39. The third kappa shape index (κ3) is 5.84. The van der Waals surface area contributed by atoms with Crippen LogP contribution < -0.4 is 5.32 Å². The fourth-order valence-corrected chi connectivity index (χ4v) is 4.45. The number of carbonyl (C=O) groups is 1. The van der Waals surface area contributed by atoms with Gasteiger partial charge in [0.05, 0.1) is 6.54 Å². The van der Waals surface area contributed by atoms with E-state index >= 15 is 0 Å².